The van der Waals surface area contributed by atoms with Crippen molar-refractivity contribution in [2.24, 2.45) is 0 Å². The number of anilines is 1. The monoisotopic (exact) mass is 410 g/mol. The van der Waals surface area contributed by atoms with Crippen molar-refractivity contribution < 1.29 is 9.13 Å². The lowest BCUT2D eigenvalue weighted by Crippen LogP contribution is -2.16. The number of rotatable bonds is 2. The first-order chi connectivity index (χ1) is 10.4. The van der Waals surface area contributed by atoms with E-state index >= 15 is 0 Å². The van der Waals surface area contributed by atoms with Gasteiger partial charge in [0.15, 0.2) is 11.6 Å². The van der Waals surface area contributed by atoms with Crippen molar-refractivity contribution >= 4 is 28.4 Å². The second kappa shape index (κ2) is 6.03. The summed E-state index contributed by atoms with van der Waals surface area (Å²) < 4.78 is 19.4. The number of nitriles is 2. The van der Waals surface area contributed by atoms with Crippen LogP contribution in [0.4, 0.5) is 10.2 Å². The van der Waals surface area contributed by atoms with Crippen molar-refractivity contribution in [3.05, 3.63) is 43.0 Å². The third-order valence-corrected chi connectivity index (χ3v) is 3.76. The number of nitrogens with zero attached hydrogens (tertiary/aromatic N) is 2. The molecule has 1 aromatic heterocycles. The second-order valence-corrected chi connectivity index (χ2v) is 5.35. The van der Waals surface area contributed by atoms with Gasteiger partial charge in [0, 0.05) is 5.56 Å². The minimum Gasteiger partial charge on any atom is -0.493 e. The molecule has 0 atom stereocenters. The molecule has 6 nitrogen and oxygen atoms in total. The molecule has 1 aromatic carbocycles. The van der Waals surface area contributed by atoms with Gasteiger partial charge in [-0.15, -0.1) is 0 Å². The molecule has 2 aromatic rings. The minimum atomic E-state index is -0.736. The molecule has 110 valence electrons. The predicted octanol–water partition coefficient (Wildman–Crippen LogP) is 2.12. The first kappa shape index (κ1) is 15.8. The van der Waals surface area contributed by atoms with Crippen LogP contribution in [0.15, 0.2) is 16.9 Å². The SMILES string of the molecule is COc1c(F)cc(-c2c(C#N)c(N)[nH]c(=O)c2C#N)cc1I. The summed E-state index contributed by atoms with van der Waals surface area (Å²) in [6.45, 7) is 0. The van der Waals surface area contributed by atoms with Crippen LogP contribution in [0.2, 0.25) is 0 Å². The Kier molecular flexibility index (Phi) is 4.33. The van der Waals surface area contributed by atoms with E-state index in [4.69, 9.17) is 10.5 Å². The summed E-state index contributed by atoms with van der Waals surface area (Å²) in [5.41, 5.74) is 4.70. The number of nitrogens with one attached hydrogen (secondary N) is 1. The van der Waals surface area contributed by atoms with E-state index in [1.165, 1.54) is 13.2 Å². The van der Waals surface area contributed by atoms with E-state index in [-0.39, 0.29) is 33.8 Å². The van der Waals surface area contributed by atoms with Gasteiger partial charge in [-0.1, -0.05) is 0 Å². The molecule has 22 heavy (non-hydrogen) atoms. The van der Waals surface area contributed by atoms with Crippen LogP contribution in [0.25, 0.3) is 11.1 Å². The highest BCUT2D eigenvalue weighted by molar-refractivity contribution is 14.1. The number of hydrogen-bond donors (Lipinski definition) is 2. The fourth-order valence-electron chi connectivity index (χ4n) is 2.03. The highest BCUT2D eigenvalue weighted by Gasteiger charge is 2.20. The van der Waals surface area contributed by atoms with Crippen molar-refractivity contribution in [2.45, 2.75) is 0 Å². The van der Waals surface area contributed by atoms with E-state index in [0.29, 0.717) is 3.57 Å². The zero-order chi connectivity index (χ0) is 16.4. The van der Waals surface area contributed by atoms with Crippen molar-refractivity contribution in [2.75, 3.05) is 12.8 Å². The first-order valence-corrected chi connectivity index (χ1v) is 6.91. The molecule has 0 aliphatic rings. The fourth-order valence-corrected chi connectivity index (χ4v) is 2.84. The molecule has 1 heterocycles. The lowest BCUT2D eigenvalue weighted by molar-refractivity contribution is 0.383. The summed E-state index contributed by atoms with van der Waals surface area (Å²) in [4.78, 5) is 14.1. The molecule has 0 bridgehead atoms. The zero-order valence-corrected chi connectivity index (χ0v) is 13.4. The zero-order valence-electron chi connectivity index (χ0n) is 11.2. The van der Waals surface area contributed by atoms with Crippen molar-refractivity contribution in [3.63, 3.8) is 0 Å². The highest BCUT2D eigenvalue weighted by Crippen LogP contribution is 2.34. The Morgan fingerprint density at radius 3 is 2.45 bits per heavy atom. The maximum atomic E-state index is 14.1. The number of hydrogen-bond acceptors (Lipinski definition) is 5. The van der Waals surface area contributed by atoms with Crippen molar-refractivity contribution in [1.82, 2.24) is 4.98 Å². The first-order valence-electron chi connectivity index (χ1n) is 5.84. The van der Waals surface area contributed by atoms with Gasteiger partial charge in [0.1, 0.15) is 29.1 Å². The number of H-pyrrole nitrogens is 1. The van der Waals surface area contributed by atoms with Gasteiger partial charge in [-0.25, -0.2) is 4.39 Å². The number of ether oxygens (including phenoxy) is 1. The molecule has 2 rings (SSSR count). The van der Waals surface area contributed by atoms with Gasteiger partial charge >= 0.3 is 0 Å². The predicted molar refractivity (Wildman–Crippen MR) is 85.6 cm³/mol. The smallest absolute Gasteiger partial charge is 0.268 e. The van der Waals surface area contributed by atoms with E-state index in [1.807, 2.05) is 28.7 Å². The van der Waals surface area contributed by atoms with Crippen LogP contribution >= 0.6 is 22.6 Å². The Morgan fingerprint density at radius 1 is 1.32 bits per heavy atom. The van der Waals surface area contributed by atoms with Gasteiger partial charge in [-0.2, -0.15) is 10.5 Å². The van der Waals surface area contributed by atoms with Crippen LogP contribution in [-0.2, 0) is 0 Å². The van der Waals surface area contributed by atoms with Crippen LogP contribution in [0, 0.1) is 32.0 Å². The molecule has 0 saturated heterocycles. The number of nitrogens with two attached hydrogens (primary N) is 1. The molecule has 0 aliphatic heterocycles. The molecule has 0 amide bonds. The van der Waals surface area contributed by atoms with Crippen molar-refractivity contribution in [1.29, 1.82) is 10.5 Å². The fraction of sp³-hybridized carbons (Fsp3) is 0.0714. The number of methoxy groups -OCH3 is 1. The van der Waals surface area contributed by atoms with E-state index in [1.54, 1.807) is 6.07 Å². The second-order valence-electron chi connectivity index (χ2n) is 4.19. The summed E-state index contributed by atoms with van der Waals surface area (Å²) in [5, 5.41) is 18.4. The van der Waals surface area contributed by atoms with Gasteiger partial charge in [0.25, 0.3) is 5.56 Å². The van der Waals surface area contributed by atoms with Crippen LogP contribution in [-0.4, -0.2) is 12.1 Å². The number of pyridine rings is 1. The quantitative estimate of drug-likeness (QED) is 0.736. The summed E-state index contributed by atoms with van der Waals surface area (Å²) in [7, 11) is 1.33. The Hall–Kier alpha value is -2.59. The number of nitrogen functional groups attached to an aromatic ring is 1. The standard InChI is InChI=1S/C14H8FIN4O2/c1-22-12-9(15)2-6(3-10(12)16)11-7(4-17)13(19)20-14(21)8(11)5-18/h2-3H,1H3,(H3,19,20,21). The molecular weight excluding hydrogens is 402 g/mol. The molecule has 0 aliphatic carbocycles. The van der Waals surface area contributed by atoms with Crippen LogP contribution in [0.5, 0.6) is 5.75 Å². The van der Waals surface area contributed by atoms with Gasteiger partial charge in [-0.05, 0) is 40.3 Å². The minimum absolute atomic E-state index is 0.00530. The lowest BCUT2D eigenvalue weighted by Gasteiger charge is -2.11. The average molecular weight is 410 g/mol. The number of benzene rings is 1. The molecule has 0 spiro atoms. The maximum absolute atomic E-state index is 14.1. The number of aromatic amines is 1. The molecular formula is C14H8FIN4O2. The topological polar surface area (TPSA) is 116 Å². The number of aromatic nitrogens is 1. The summed E-state index contributed by atoms with van der Waals surface area (Å²) in [6, 6.07) is 6.16. The highest BCUT2D eigenvalue weighted by atomic mass is 127. The Balaban J connectivity index is 2.93. The van der Waals surface area contributed by atoms with E-state index < -0.39 is 11.4 Å². The van der Waals surface area contributed by atoms with Gasteiger partial charge in [0.05, 0.1) is 10.7 Å². The molecule has 0 radical (unpaired) electrons. The Labute approximate surface area is 138 Å². The molecule has 0 saturated carbocycles. The van der Waals surface area contributed by atoms with E-state index in [9.17, 15) is 19.7 Å². The molecule has 0 unspecified atom stereocenters. The summed E-state index contributed by atoms with van der Waals surface area (Å²) in [6.07, 6.45) is 0. The van der Waals surface area contributed by atoms with Gasteiger partial charge in [0.2, 0.25) is 0 Å². The van der Waals surface area contributed by atoms with Crippen LogP contribution in [0.1, 0.15) is 11.1 Å². The Bertz CT molecular complexity index is 886. The summed E-state index contributed by atoms with van der Waals surface area (Å²) >= 11 is 1.86. The van der Waals surface area contributed by atoms with Crippen molar-refractivity contribution in [3.8, 4) is 29.0 Å². The largest absolute Gasteiger partial charge is 0.493 e. The third-order valence-electron chi connectivity index (χ3n) is 2.96. The third kappa shape index (κ3) is 2.49. The summed E-state index contributed by atoms with van der Waals surface area (Å²) in [5.74, 6) is -0.803. The lowest BCUT2D eigenvalue weighted by atomic mass is 9.96. The van der Waals surface area contributed by atoms with Crippen LogP contribution < -0.4 is 16.0 Å². The van der Waals surface area contributed by atoms with Gasteiger partial charge in [-0.3, -0.25) is 4.79 Å². The normalized spacial score (nSPS) is 9.86. The Morgan fingerprint density at radius 2 is 1.95 bits per heavy atom. The van der Waals surface area contributed by atoms with E-state index in [0.717, 1.165) is 6.07 Å². The average Bonchev–Trinajstić information content (AvgIpc) is 2.46. The van der Waals surface area contributed by atoms with Crippen LogP contribution in [0.3, 0.4) is 0 Å². The van der Waals surface area contributed by atoms with Gasteiger partial charge < -0.3 is 15.5 Å². The van der Waals surface area contributed by atoms with E-state index in [2.05, 4.69) is 4.98 Å². The maximum Gasteiger partial charge on any atom is 0.268 e. The molecule has 8 heteroatoms. The molecule has 3 N–H and O–H groups in total. The molecule has 0 fully saturated rings. The number of halogens is 2.